The van der Waals surface area contributed by atoms with E-state index in [-0.39, 0.29) is 11.7 Å². The van der Waals surface area contributed by atoms with Gasteiger partial charge < -0.3 is 10.4 Å². The van der Waals surface area contributed by atoms with Gasteiger partial charge in [-0.1, -0.05) is 42.5 Å². The van der Waals surface area contributed by atoms with Gasteiger partial charge in [0, 0.05) is 11.1 Å². The topological polar surface area (TPSA) is 62.2 Å². The molecule has 4 aromatic rings. The van der Waals surface area contributed by atoms with Crippen LogP contribution in [0, 0.1) is 0 Å². The van der Waals surface area contributed by atoms with E-state index in [1.807, 2.05) is 48.5 Å². The Kier molecular flexibility index (Phi) is 4.68. The number of phenolic OH excluding ortho intramolecular Hbond substituents is 1. The zero-order valence-electron chi connectivity index (χ0n) is 14.3. The lowest BCUT2D eigenvalue weighted by Crippen LogP contribution is -2.21. The number of carbonyl (C=O) groups is 1. The lowest BCUT2D eigenvalue weighted by atomic mass is 10.1. The zero-order valence-corrected chi connectivity index (χ0v) is 15.1. The smallest absolute Gasteiger partial charge is 0.255 e. The molecule has 0 unspecified atom stereocenters. The summed E-state index contributed by atoms with van der Waals surface area (Å²) in [7, 11) is 0. The fourth-order valence-electron chi connectivity index (χ4n) is 2.74. The number of carbonyl (C=O) groups excluding carboxylic acids is 1. The van der Waals surface area contributed by atoms with Crippen molar-refractivity contribution in [1.82, 2.24) is 10.3 Å². The molecule has 0 saturated carbocycles. The number of para-hydroxylation sites is 2. The number of aromatic hydroxyl groups is 1. The van der Waals surface area contributed by atoms with E-state index >= 15 is 0 Å². The summed E-state index contributed by atoms with van der Waals surface area (Å²) in [4.78, 5) is 17.2. The van der Waals surface area contributed by atoms with Gasteiger partial charge >= 0.3 is 0 Å². The highest BCUT2D eigenvalue weighted by Crippen LogP contribution is 2.28. The third kappa shape index (κ3) is 3.73. The maximum atomic E-state index is 12.7. The molecule has 1 aromatic heterocycles. The van der Waals surface area contributed by atoms with Gasteiger partial charge in [0.15, 0.2) is 0 Å². The van der Waals surface area contributed by atoms with Gasteiger partial charge in [0.05, 0.1) is 15.9 Å². The number of nitrogens with one attached hydrogen (secondary N) is 1. The van der Waals surface area contributed by atoms with Crippen molar-refractivity contribution in [3.8, 4) is 5.75 Å². The molecule has 0 aliphatic carbocycles. The highest BCUT2D eigenvalue weighted by atomic mass is 32.1. The first-order chi connectivity index (χ1) is 13.2. The van der Waals surface area contributed by atoms with Crippen LogP contribution in [0.5, 0.6) is 5.75 Å². The quantitative estimate of drug-likeness (QED) is 0.534. The van der Waals surface area contributed by atoms with Crippen LogP contribution in [0.1, 0.15) is 20.9 Å². The lowest BCUT2D eigenvalue weighted by Gasteiger charge is -2.11. The minimum absolute atomic E-state index is 0.0956. The number of aromatic nitrogens is 1. The third-order valence-corrected chi connectivity index (χ3v) is 5.04. The standard InChI is InChI=1S/C22H16N2O2S/c25-19-12-6-4-10-16(19)18(24-22(26)15-8-2-1-3-9-15)14-21-23-17-11-5-7-13-20(17)27-21/h1-14,25H,(H,24,26)/b18-14+. The van der Waals surface area contributed by atoms with E-state index in [9.17, 15) is 9.90 Å². The van der Waals surface area contributed by atoms with E-state index in [0.717, 1.165) is 15.2 Å². The molecular formula is C22H16N2O2S. The molecule has 0 spiro atoms. The molecule has 4 rings (SSSR count). The van der Waals surface area contributed by atoms with Crippen LogP contribution in [0.4, 0.5) is 0 Å². The number of phenols is 1. The molecule has 0 fully saturated rings. The molecule has 0 aliphatic rings. The SMILES string of the molecule is O=C(N/C(=C/c1nc2ccccc2s1)c1ccccc1O)c1ccccc1. The number of amides is 1. The minimum atomic E-state index is -0.244. The zero-order chi connectivity index (χ0) is 18.6. The van der Waals surface area contributed by atoms with Gasteiger partial charge in [-0.2, -0.15) is 0 Å². The predicted molar refractivity (Wildman–Crippen MR) is 110 cm³/mol. The second kappa shape index (κ2) is 7.43. The van der Waals surface area contributed by atoms with E-state index in [1.54, 1.807) is 36.4 Å². The Morgan fingerprint density at radius 3 is 2.41 bits per heavy atom. The predicted octanol–water partition coefficient (Wildman–Crippen LogP) is 4.93. The molecule has 132 valence electrons. The Bertz CT molecular complexity index is 1100. The summed E-state index contributed by atoms with van der Waals surface area (Å²) in [5, 5.41) is 13.9. The lowest BCUT2D eigenvalue weighted by molar-refractivity contribution is 0.0974. The van der Waals surface area contributed by atoms with E-state index in [2.05, 4.69) is 10.3 Å². The molecule has 4 nitrogen and oxygen atoms in total. The Morgan fingerprint density at radius 1 is 0.926 bits per heavy atom. The molecule has 0 saturated heterocycles. The van der Waals surface area contributed by atoms with Gasteiger partial charge in [-0.05, 0) is 42.5 Å². The second-order valence-corrected chi connectivity index (χ2v) is 6.98. The van der Waals surface area contributed by atoms with Crippen molar-refractivity contribution < 1.29 is 9.90 Å². The van der Waals surface area contributed by atoms with Gasteiger partial charge in [-0.15, -0.1) is 11.3 Å². The molecule has 1 amide bonds. The van der Waals surface area contributed by atoms with Crippen LogP contribution in [0.15, 0.2) is 78.9 Å². The summed E-state index contributed by atoms with van der Waals surface area (Å²) in [6, 6.07) is 23.8. The summed E-state index contributed by atoms with van der Waals surface area (Å²) < 4.78 is 1.06. The summed E-state index contributed by atoms with van der Waals surface area (Å²) in [6.45, 7) is 0. The van der Waals surface area contributed by atoms with E-state index in [4.69, 9.17) is 0 Å². The number of hydrogen-bond donors (Lipinski definition) is 2. The molecule has 5 heteroatoms. The first-order valence-corrected chi connectivity index (χ1v) is 9.24. The number of rotatable bonds is 4. The van der Waals surface area contributed by atoms with Crippen molar-refractivity contribution in [2.75, 3.05) is 0 Å². The Hall–Kier alpha value is -3.44. The first-order valence-electron chi connectivity index (χ1n) is 8.43. The van der Waals surface area contributed by atoms with Crippen molar-refractivity contribution in [1.29, 1.82) is 0 Å². The van der Waals surface area contributed by atoms with Crippen molar-refractivity contribution in [2.45, 2.75) is 0 Å². The number of hydrogen-bond acceptors (Lipinski definition) is 4. The Balaban J connectivity index is 1.76. The van der Waals surface area contributed by atoms with Crippen molar-refractivity contribution in [3.05, 3.63) is 95.0 Å². The minimum Gasteiger partial charge on any atom is -0.507 e. The molecule has 0 radical (unpaired) electrons. The summed E-state index contributed by atoms with van der Waals surface area (Å²) >= 11 is 1.53. The van der Waals surface area contributed by atoms with Crippen LogP contribution in [0.25, 0.3) is 22.0 Å². The normalized spacial score (nSPS) is 11.5. The highest BCUT2D eigenvalue weighted by molar-refractivity contribution is 7.19. The van der Waals surface area contributed by atoms with Crippen LogP contribution in [-0.4, -0.2) is 16.0 Å². The van der Waals surface area contributed by atoms with E-state index < -0.39 is 0 Å². The molecular weight excluding hydrogens is 356 g/mol. The Morgan fingerprint density at radius 2 is 1.63 bits per heavy atom. The van der Waals surface area contributed by atoms with E-state index in [0.29, 0.717) is 16.8 Å². The molecule has 1 heterocycles. The first kappa shape index (κ1) is 17.0. The summed E-state index contributed by atoms with van der Waals surface area (Å²) in [5.41, 5.74) is 2.49. The largest absolute Gasteiger partial charge is 0.507 e. The number of nitrogens with zero attached hydrogens (tertiary/aromatic N) is 1. The second-order valence-electron chi connectivity index (χ2n) is 5.92. The molecule has 3 aromatic carbocycles. The van der Waals surface area contributed by atoms with Crippen LogP contribution >= 0.6 is 11.3 Å². The van der Waals surface area contributed by atoms with Gasteiger partial charge in [0.1, 0.15) is 10.8 Å². The number of fused-ring (bicyclic) bond motifs is 1. The van der Waals surface area contributed by atoms with Crippen LogP contribution in [0.2, 0.25) is 0 Å². The maximum absolute atomic E-state index is 12.7. The summed E-state index contributed by atoms with van der Waals surface area (Å²) in [5.74, 6) is -0.149. The van der Waals surface area contributed by atoms with Crippen molar-refractivity contribution >= 4 is 39.2 Å². The molecule has 0 atom stereocenters. The van der Waals surface area contributed by atoms with E-state index in [1.165, 1.54) is 11.3 Å². The van der Waals surface area contributed by atoms with Gasteiger partial charge in [0.25, 0.3) is 5.91 Å². The fourth-order valence-corrected chi connectivity index (χ4v) is 3.65. The maximum Gasteiger partial charge on any atom is 0.255 e. The number of thiazole rings is 1. The Labute approximate surface area is 160 Å². The van der Waals surface area contributed by atoms with Crippen molar-refractivity contribution in [3.63, 3.8) is 0 Å². The van der Waals surface area contributed by atoms with Crippen LogP contribution in [-0.2, 0) is 0 Å². The van der Waals surface area contributed by atoms with Gasteiger partial charge in [-0.3, -0.25) is 4.79 Å². The van der Waals surface area contributed by atoms with Gasteiger partial charge in [-0.25, -0.2) is 4.98 Å². The monoisotopic (exact) mass is 372 g/mol. The molecule has 0 aliphatic heterocycles. The number of benzene rings is 3. The van der Waals surface area contributed by atoms with Crippen LogP contribution < -0.4 is 5.32 Å². The summed E-state index contributed by atoms with van der Waals surface area (Å²) in [6.07, 6.45) is 1.79. The highest BCUT2D eigenvalue weighted by Gasteiger charge is 2.13. The molecule has 2 N–H and O–H groups in total. The molecule has 0 bridgehead atoms. The fraction of sp³-hybridized carbons (Fsp3) is 0. The molecule has 27 heavy (non-hydrogen) atoms. The average Bonchev–Trinajstić information content (AvgIpc) is 3.11. The van der Waals surface area contributed by atoms with Gasteiger partial charge in [0.2, 0.25) is 0 Å². The van der Waals surface area contributed by atoms with Crippen LogP contribution in [0.3, 0.4) is 0 Å². The van der Waals surface area contributed by atoms with Crippen molar-refractivity contribution in [2.24, 2.45) is 0 Å². The average molecular weight is 372 g/mol. The third-order valence-electron chi connectivity index (χ3n) is 4.06.